The largest absolute Gasteiger partial charge is 0.481 e. The Morgan fingerprint density at radius 1 is 0.792 bits per heavy atom. The molecule has 144 valence electrons. The molecule has 0 radical (unpaired) electrons. The Morgan fingerprint density at radius 2 is 1.33 bits per heavy atom. The van der Waals surface area contributed by atoms with Gasteiger partial charge in [0.25, 0.3) is 0 Å². The fourth-order valence-electron chi connectivity index (χ4n) is 2.60. The topological polar surface area (TPSA) is 49.3 Å². The van der Waals surface area contributed by atoms with Crippen LogP contribution in [0.4, 0.5) is 0 Å². The zero-order valence-electron chi connectivity index (χ0n) is 15.7. The summed E-state index contributed by atoms with van der Waals surface area (Å²) in [5.74, 6) is 0.602. The van der Waals surface area contributed by atoms with E-state index >= 15 is 0 Å². The molecule has 0 unspecified atom stereocenters. The first-order chi connectivity index (χ1) is 11.8. The van der Waals surface area contributed by atoms with Gasteiger partial charge in [-0.2, -0.15) is 0 Å². The quantitative estimate of drug-likeness (QED) is 0.138. The predicted octanol–water partition coefficient (Wildman–Crippen LogP) is 6.83. The maximum absolute atomic E-state index is 10.4. The second kappa shape index (κ2) is 21.2. The second-order valence-corrected chi connectivity index (χ2v) is 8.85. The van der Waals surface area contributed by atoms with Crippen LogP contribution in [0.15, 0.2) is 0 Å². The lowest BCUT2D eigenvalue weighted by atomic mass is 10.1. The molecule has 0 saturated heterocycles. The minimum Gasteiger partial charge on any atom is -0.481 e. The molecule has 0 bridgehead atoms. The van der Waals surface area contributed by atoms with Crippen molar-refractivity contribution in [1.82, 2.24) is 4.72 Å². The van der Waals surface area contributed by atoms with Crippen LogP contribution in [-0.4, -0.2) is 23.4 Å². The minimum absolute atomic E-state index is 0.338. The van der Waals surface area contributed by atoms with Crippen LogP contribution >= 0.6 is 21.8 Å². The standard InChI is InChI=1S/C19H39NO2S2/c1-2-3-4-14-17-20-24-23-18-15-12-10-8-6-5-7-9-11-13-16-19(21)22/h20H,2-18H2,1H3,(H,21,22). The molecular weight excluding hydrogens is 338 g/mol. The third-order valence-corrected chi connectivity index (χ3v) is 6.22. The van der Waals surface area contributed by atoms with Gasteiger partial charge in [0.05, 0.1) is 0 Å². The van der Waals surface area contributed by atoms with Crippen molar-refractivity contribution in [1.29, 1.82) is 0 Å². The molecule has 0 saturated carbocycles. The highest BCUT2D eigenvalue weighted by Gasteiger charge is 1.97. The van der Waals surface area contributed by atoms with E-state index in [0.29, 0.717) is 6.42 Å². The molecule has 0 amide bonds. The van der Waals surface area contributed by atoms with E-state index < -0.39 is 5.97 Å². The number of nitrogens with one attached hydrogen (secondary N) is 1. The number of carboxylic acids is 1. The Labute approximate surface area is 158 Å². The average molecular weight is 378 g/mol. The Kier molecular flexibility index (Phi) is 21.3. The van der Waals surface area contributed by atoms with Gasteiger partial charge in [-0.15, -0.1) is 0 Å². The predicted molar refractivity (Wildman–Crippen MR) is 111 cm³/mol. The highest BCUT2D eigenvalue weighted by molar-refractivity contribution is 8.76. The number of hydrogen-bond donors (Lipinski definition) is 2. The minimum atomic E-state index is -0.658. The maximum Gasteiger partial charge on any atom is 0.303 e. The number of unbranched alkanes of at least 4 members (excludes halogenated alkanes) is 12. The van der Waals surface area contributed by atoms with Crippen molar-refractivity contribution in [2.45, 2.75) is 103 Å². The third-order valence-electron chi connectivity index (χ3n) is 4.12. The monoisotopic (exact) mass is 377 g/mol. The summed E-state index contributed by atoms with van der Waals surface area (Å²) in [6.45, 7) is 3.40. The second-order valence-electron chi connectivity index (χ2n) is 6.54. The normalized spacial score (nSPS) is 11.0. The summed E-state index contributed by atoms with van der Waals surface area (Å²) in [6, 6.07) is 0. The first kappa shape index (κ1) is 24.1. The van der Waals surface area contributed by atoms with Crippen LogP contribution in [-0.2, 0) is 4.79 Å². The Bertz CT molecular complexity index is 266. The zero-order valence-corrected chi connectivity index (χ0v) is 17.3. The third kappa shape index (κ3) is 22.1. The van der Waals surface area contributed by atoms with Gasteiger partial charge in [-0.1, -0.05) is 88.3 Å². The van der Waals surface area contributed by atoms with E-state index in [0.717, 1.165) is 19.4 Å². The number of carbonyl (C=O) groups is 1. The molecule has 3 nitrogen and oxygen atoms in total. The highest BCUT2D eigenvalue weighted by atomic mass is 33.1. The van der Waals surface area contributed by atoms with Gasteiger partial charge >= 0.3 is 5.97 Å². The van der Waals surface area contributed by atoms with Gasteiger partial charge in [0, 0.05) is 18.7 Å². The molecular formula is C19H39NO2S2. The van der Waals surface area contributed by atoms with Crippen molar-refractivity contribution < 1.29 is 9.90 Å². The summed E-state index contributed by atoms with van der Waals surface area (Å²) in [5.41, 5.74) is 0. The van der Waals surface area contributed by atoms with Crippen LogP contribution in [0.3, 0.4) is 0 Å². The van der Waals surface area contributed by atoms with Gasteiger partial charge in [-0.25, -0.2) is 0 Å². The summed E-state index contributed by atoms with van der Waals surface area (Å²) >= 11 is 0. The molecule has 24 heavy (non-hydrogen) atoms. The zero-order chi connectivity index (χ0) is 17.7. The van der Waals surface area contributed by atoms with E-state index in [4.69, 9.17) is 5.11 Å². The fourth-order valence-corrected chi connectivity index (χ4v) is 4.42. The van der Waals surface area contributed by atoms with Crippen molar-refractivity contribution in [3.63, 3.8) is 0 Å². The molecule has 0 spiro atoms. The number of aliphatic carboxylic acids is 1. The Morgan fingerprint density at radius 3 is 1.92 bits per heavy atom. The van der Waals surface area contributed by atoms with Crippen LogP contribution in [0.2, 0.25) is 0 Å². The van der Waals surface area contributed by atoms with E-state index in [1.165, 1.54) is 82.8 Å². The number of rotatable bonds is 20. The fraction of sp³-hybridized carbons (Fsp3) is 0.947. The lowest BCUT2D eigenvalue weighted by molar-refractivity contribution is -0.137. The molecule has 0 aliphatic carbocycles. The van der Waals surface area contributed by atoms with Crippen LogP contribution in [0, 0.1) is 0 Å². The molecule has 0 fully saturated rings. The van der Waals surface area contributed by atoms with E-state index in [1.54, 1.807) is 0 Å². The van der Waals surface area contributed by atoms with E-state index in [2.05, 4.69) is 11.6 Å². The maximum atomic E-state index is 10.4. The number of hydrogen-bond acceptors (Lipinski definition) is 4. The lowest BCUT2D eigenvalue weighted by Crippen LogP contribution is -2.03. The van der Waals surface area contributed by atoms with Gasteiger partial charge in [0.2, 0.25) is 0 Å². The van der Waals surface area contributed by atoms with E-state index in [9.17, 15) is 4.79 Å². The van der Waals surface area contributed by atoms with Crippen molar-refractivity contribution >= 4 is 27.7 Å². The van der Waals surface area contributed by atoms with E-state index in [1.807, 2.05) is 21.8 Å². The number of carboxylic acid groups (broad SMARTS) is 1. The van der Waals surface area contributed by atoms with Crippen LogP contribution in [0.25, 0.3) is 0 Å². The average Bonchev–Trinajstić information content (AvgIpc) is 2.56. The van der Waals surface area contributed by atoms with Crippen molar-refractivity contribution in [2.24, 2.45) is 0 Å². The molecule has 0 aromatic rings. The Balaban J connectivity index is 2.97. The van der Waals surface area contributed by atoms with Crippen LogP contribution < -0.4 is 4.72 Å². The van der Waals surface area contributed by atoms with Gasteiger partial charge in [-0.05, 0) is 30.2 Å². The SMILES string of the molecule is CCCCCCNSSCCCCCCCCCCCCC(=O)O. The van der Waals surface area contributed by atoms with E-state index in [-0.39, 0.29) is 0 Å². The first-order valence-electron chi connectivity index (χ1n) is 10.0. The summed E-state index contributed by atoms with van der Waals surface area (Å²) in [5, 5.41) is 8.55. The summed E-state index contributed by atoms with van der Waals surface area (Å²) in [7, 11) is 3.79. The molecule has 0 aromatic heterocycles. The summed E-state index contributed by atoms with van der Waals surface area (Å²) < 4.78 is 3.44. The molecule has 0 aliphatic rings. The summed E-state index contributed by atoms with van der Waals surface area (Å²) in [4.78, 5) is 10.4. The lowest BCUT2D eigenvalue weighted by Gasteiger charge is -2.04. The molecule has 2 N–H and O–H groups in total. The van der Waals surface area contributed by atoms with Gasteiger partial charge < -0.3 is 5.11 Å². The summed E-state index contributed by atoms with van der Waals surface area (Å²) in [6.07, 6.45) is 18.2. The van der Waals surface area contributed by atoms with Gasteiger partial charge in [0.15, 0.2) is 0 Å². The first-order valence-corrected chi connectivity index (χ1v) is 12.3. The van der Waals surface area contributed by atoms with Crippen LogP contribution in [0.5, 0.6) is 0 Å². The molecule has 0 heterocycles. The van der Waals surface area contributed by atoms with Crippen LogP contribution in [0.1, 0.15) is 103 Å². The van der Waals surface area contributed by atoms with Crippen molar-refractivity contribution in [3.8, 4) is 0 Å². The smallest absolute Gasteiger partial charge is 0.303 e. The molecule has 5 heteroatoms. The molecule has 0 aromatic carbocycles. The van der Waals surface area contributed by atoms with Gasteiger partial charge in [0.1, 0.15) is 0 Å². The Hall–Kier alpha value is 0.130. The van der Waals surface area contributed by atoms with Crippen molar-refractivity contribution in [2.75, 3.05) is 12.3 Å². The van der Waals surface area contributed by atoms with Crippen molar-refractivity contribution in [3.05, 3.63) is 0 Å². The molecule has 0 aliphatic heterocycles. The molecule has 0 atom stereocenters. The van der Waals surface area contributed by atoms with Gasteiger partial charge in [-0.3, -0.25) is 9.52 Å². The molecule has 0 rings (SSSR count). The highest BCUT2D eigenvalue weighted by Crippen LogP contribution is 2.20.